The third kappa shape index (κ3) is 1.95. The van der Waals surface area contributed by atoms with Crippen LogP contribution in [0.25, 0.3) is 11.0 Å². The maximum atomic E-state index is 6.34. The van der Waals surface area contributed by atoms with Crippen LogP contribution >= 0.6 is 11.6 Å². The van der Waals surface area contributed by atoms with Gasteiger partial charge in [0.05, 0.1) is 17.1 Å². The van der Waals surface area contributed by atoms with Gasteiger partial charge in [-0.3, -0.25) is 4.98 Å². The molecule has 4 heteroatoms. The topological polar surface area (TPSA) is 30.7 Å². The summed E-state index contributed by atoms with van der Waals surface area (Å²) in [5, 5.41) is -0.0546. The van der Waals surface area contributed by atoms with Gasteiger partial charge in [-0.2, -0.15) is 0 Å². The number of imidazole rings is 1. The zero-order valence-corrected chi connectivity index (χ0v) is 12.6. The second-order valence-electron chi connectivity index (χ2n) is 6.50. The molecule has 4 rings (SSSR count). The van der Waals surface area contributed by atoms with Crippen LogP contribution in [0, 0.1) is 17.8 Å². The number of halogens is 1. The highest BCUT2D eigenvalue weighted by Gasteiger charge is 2.39. The molecular weight excluding hydrogens is 270 g/mol. The fraction of sp³-hybridized carbons (Fsp3) is 0.625. The average molecular weight is 290 g/mol. The lowest BCUT2D eigenvalue weighted by Crippen LogP contribution is -2.19. The molecule has 2 aliphatic carbocycles. The van der Waals surface area contributed by atoms with Gasteiger partial charge < -0.3 is 4.57 Å². The minimum absolute atomic E-state index is 0.0546. The van der Waals surface area contributed by atoms with Crippen molar-refractivity contribution in [2.75, 3.05) is 0 Å². The Kier molecular flexibility index (Phi) is 2.99. The smallest absolute Gasteiger partial charge is 0.127 e. The third-order valence-electron chi connectivity index (χ3n) is 5.24. The van der Waals surface area contributed by atoms with Crippen LogP contribution in [0.2, 0.25) is 0 Å². The Hall–Kier alpha value is -1.09. The van der Waals surface area contributed by atoms with Crippen molar-refractivity contribution in [3.8, 4) is 0 Å². The first kappa shape index (κ1) is 12.6. The van der Waals surface area contributed by atoms with Gasteiger partial charge in [0.2, 0.25) is 0 Å². The van der Waals surface area contributed by atoms with Crippen molar-refractivity contribution in [3.63, 3.8) is 0 Å². The monoisotopic (exact) mass is 289 g/mol. The Bertz CT molecular complexity index is 634. The third-order valence-corrected chi connectivity index (χ3v) is 5.43. The molecule has 20 heavy (non-hydrogen) atoms. The summed E-state index contributed by atoms with van der Waals surface area (Å²) in [4.78, 5) is 8.86. The van der Waals surface area contributed by atoms with E-state index in [2.05, 4.69) is 20.6 Å². The molecule has 0 N–H and O–H groups in total. The van der Waals surface area contributed by atoms with Crippen molar-refractivity contribution < 1.29 is 0 Å². The Morgan fingerprint density at radius 2 is 2.30 bits per heavy atom. The fourth-order valence-electron chi connectivity index (χ4n) is 4.33. The Morgan fingerprint density at radius 3 is 3.00 bits per heavy atom. The molecule has 0 radical (unpaired) electrons. The first-order valence-electron chi connectivity index (χ1n) is 7.66. The quantitative estimate of drug-likeness (QED) is 0.794. The highest BCUT2D eigenvalue weighted by Crippen LogP contribution is 2.49. The molecular formula is C16H20ClN3. The Balaban J connectivity index is 1.72. The van der Waals surface area contributed by atoms with Crippen molar-refractivity contribution in [2.45, 2.75) is 44.5 Å². The molecule has 0 amide bonds. The summed E-state index contributed by atoms with van der Waals surface area (Å²) >= 11 is 6.34. The summed E-state index contributed by atoms with van der Waals surface area (Å²) in [5.41, 5.74) is 2.16. The van der Waals surface area contributed by atoms with E-state index >= 15 is 0 Å². The van der Waals surface area contributed by atoms with Gasteiger partial charge in [0.25, 0.3) is 0 Å². The van der Waals surface area contributed by atoms with Crippen LogP contribution in [0.4, 0.5) is 0 Å². The largest absolute Gasteiger partial charge is 0.326 e. The van der Waals surface area contributed by atoms with Gasteiger partial charge in [-0.05, 0) is 50.0 Å². The van der Waals surface area contributed by atoms with Gasteiger partial charge in [0.1, 0.15) is 11.3 Å². The summed E-state index contributed by atoms with van der Waals surface area (Å²) in [6.07, 6.45) is 9.42. The lowest BCUT2D eigenvalue weighted by atomic mass is 9.89. The Morgan fingerprint density at radius 1 is 1.40 bits per heavy atom. The number of pyridine rings is 1. The van der Waals surface area contributed by atoms with Crippen molar-refractivity contribution >= 4 is 22.6 Å². The van der Waals surface area contributed by atoms with Crippen molar-refractivity contribution in [2.24, 2.45) is 17.8 Å². The first-order chi connectivity index (χ1) is 9.72. The van der Waals surface area contributed by atoms with E-state index in [0.717, 1.165) is 35.6 Å². The van der Waals surface area contributed by atoms with Crippen LogP contribution in [0.15, 0.2) is 18.5 Å². The van der Waals surface area contributed by atoms with Crippen LogP contribution in [0.3, 0.4) is 0 Å². The zero-order valence-electron chi connectivity index (χ0n) is 11.8. The molecule has 2 aromatic heterocycles. The number of hydrogen-bond donors (Lipinski definition) is 0. The number of nitrogens with zero attached hydrogens (tertiary/aromatic N) is 3. The lowest BCUT2D eigenvalue weighted by Gasteiger charge is -2.23. The maximum Gasteiger partial charge on any atom is 0.127 e. The summed E-state index contributed by atoms with van der Waals surface area (Å²) in [7, 11) is 0. The Labute approximate surface area is 124 Å². The molecule has 2 bridgehead atoms. The molecule has 4 unspecified atom stereocenters. The first-order valence-corrected chi connectivity index (χ1v) is 8.10. The van der Waals surface area contributed by atoms with E-state index in [-0.39, 0.29) is 5.38 Å². The maximum absolute atomic E-state index is 6.34. The van der Waals surface area contributed by atoms with Gasteiger partial charge >= 0.3 is 0 Å². The van der Waals surface area contributed by atoms with E-state index in [1.54, 1.807) is 0 Å². The molecule has 0 aromatic carbocycles. The summed E-state index contributed by atoms with van der Waals surface area (Å²) < 4.78 is 2.35. The van der Waals surface area contributed by atoms with E-state index < -0.39 is 0 Å². The minimum Gasteiger partial charge on any atom is -0.326 e. The molecule has 0 saturated heterocycles. The van der Waals surface area contributed by atoms with Crippen LogP contribution < -0.4 is 0 Å². The SMILES string of the molecule is CC(Cl)c1nc2cnccc2n1CC1CC2CCC1C2. The number of fused-ring (bicyclic) bond motifs is 3. The van der Waals surface area contributed by atoms with Crippen LogP contribution in [0.5, 0.6) is 0 Å². The van der Waals surface area contributed by atoms with Gasteiger partial charge in [-0.1, -0.05) is 6.42 Å². The van der Waals surface area contributed by atoms with E-state index in [9.17, 15) is 0 Å². The molecule has 2 aliphatic rings. The molecule has 0 aliphatic heterocycles. The van der Waals surface area contributed by atoms with Crippen molar-refractivity contribution in [3.05, 3.63) is 24.3 Å². The predicted octanol–water partition coefficient (Wildman–Crippen LogP) is 4.17. The molecule has 2 fully saturated rings. The van der Waals surface area contributed by atoms with Gasteiger partial charge in [0, 0.05) is 12.7 Å². The summed E-state index contributed by atoms with van der Waals surface area (Å²) in [6, 6.07) is 2.07. The molecule has 3 nitrogen and oxygen atoms in total. The second-order valence-corrected chi connectivity index (χ2v) is 7.15. The molecule has 4 atom stereocenters. The predicted molar refractivity (Wildman–Crippen MR) is 80.7 cm³/mol. The van der Waals surface area contributed by atoms with Crippen LogP contribution in [0.1, 0.15) is 43.8 Å². The number of aromatic nitrogens is 3. The fourth-order valence-corrected chi connectivity index (χ4v) is 4.50. The average Bonchev–Trinajstić information content (AvgIpc) is 3.13. The molecule has 2 saturated carbocycles. The van der Waals surface area contributed by atoms with E-state index in [0.29, 0.717) is 0 Å². The second kappa shape index (κ2) is 4.73. The van der Waals surface area contributed by atoms with Crippen molar-refractivity contribution in [1.29, 1.82) is 0 Å². The number of hydrogen-bond acceptors (Lipinski definition) is 2. The summed E-state index contributed by atoms with van der Waals surface area (Å²) in [5.74, 6) is 3.72. The molecule has 2 heterocycles. The molecule has 0 spiro atoms. The van der Waals surface area contributed by atoms with Crippen molar-refractivity contribution in [1.82, 2.24) is 14.5 Å². The van der Waals surface area contributed by atoms with Crippen LogP contribution in [-0.4, -0.2) is 14.5 Å². The van der Waals surface area contributed by atoms with Gasteiger partial charge in [-0.25, -0.2) is 4.98 Å². The number of rotatable bonds is 3. The molecule has 106 valence electrons. The van der Waals surface area contributed by atoms with E-state index in [4.69, 9.17) is 11.6 Å². The lowest BCUT2D eigenvalue weighted by molar-refractivity contribution is 0.295. The highest BCUT2D eigenvalue weighted by molar-refractivity contribution is 6.20. The highest BCUT2D eigenvalue weighted by atomic mass is 35.5. The molecule has 2 aromatic rings. The minimum atomic E-state index is -0.0546. The van der Waals surface area contributed by atoms with Crippen LogP contribution in [-0.2, 0) is 6.54 Å². The van der Waals surface area contributed by atoms with Gasteiger partial charge in [0.15, 0.2) is 0 Å². The number of alkyl halides is 1. The summed E-state index contributed by atoms with van der Waals surface area (Å²) in [6.45, 7) is 3.08. The van der Waals surface area contributed by atoms with Gasteiger partial charge in [-0.15, -0.1) is 11.6 Å². The normalized spacial score (nSPS) is 30.2. The standard InChI is InChI=1S/C16H20ClN3/c1-10(17)16-19-14-8-18-5-4-15(14)20(16)9-13-7-11-2-3-12(13)6-11/h4-5,8,10-13H,2-3,6-7,9H2,1H3. The van der Waals surface area contributed by atoms with E-state index in [1.807, 2.05) is 19.3 Å². The van der Waals surface area contributed by atoms with E-state index in [1.165, 1.54) is 31.2 Å². The zero-order chi connectivity index (χ0) is 13.7.